The third-order valence-electron chi connectivity index (χ3n) is 2.63. The van der Waals surface area contributed by atoms with Crippen molar-refractivity contribution in [2.45, 2.75) is 25.9 Å². The van der Waals surface area contributed by atoms with Crippen LogP contribution in [0.15, 0.2) is 18.2 Å². The Balaban J connectivity index is 3.05. The Morgan fingerprint density at radius 3 is 2.38 bits per heavy atom. The van der Waals surface area contributed by atoms with Crippen LogP contribution in [0.4, 0.5) is 8.78 Å². The first-order chi connectivity index (χ1) is 9.57. The van der Waals surface area contributed by atoms with Crippen molar-refractivity contribution in [2.24, 2.45) is 5.92 Å². The molecule has 1 aromatic rings. The molecule has 21 heavy (non-hydrogen) atoms. The Labute approximate surface area is 138 Å². The molecular formula is C13H12ClF2IO4. The number of hydrogen-bond acceptors (Lipinski definition) is 3. The van der Waals surface area contributed by atoms with E-state index in [0.717, 1.165) is 3.57 Å². The number of benzene rings is 1. The van der Waals surface area contributed by atoms with Gasteiger partial charge in [-0.05, 0) is 46.7 Å². The van der Waals surface area contributed by atoms with E-state index >= 15 is 0 Å². The normalized spacial score (nSPS) is 13.1. The largest absolute Gasteiger partial charge is 0.477 e. The van der Waals surface area contributed by atoms with E-state index in [4.69, 9.17) is 16.7 Å². The molecule has 0 saturated carbocycles. The van der Waals surface area contributed by atoms with Crippen molar-refractivity contribution in [1.82, 2.24) is 0 Å². The first-order valence-corrected chi connectivity index (χ1v) is 7.30. The van der Waals surface area contributed by atoms with E-state index in [1.54, 1.807) is 6.07 Å². The predicted octanol–water partition coefficient (Wildman–Crippen LogP) is 3.85. The molecule has 0 spiro atoms. The number of esters is 1. The van der Waals surface area contributed by atoms with Gasteiger partial charge in [-0.25, -0.2) is 9.59 Å². The Morgan fingerprint density at radius 2 is 1.95 bits per heavy atom. The summed E-state index contributed by atoms with van der Waals surface area (Å²) < 4.78 is 32.6. The maximum Gasteiger partial charge on any atom is 0.378 e. The van der Waals surface area contributed by atoms with Crippen molar-refractivity contribution >= 4 is 46.1 Å². The molecular weight excluding hydrogens is 420 g/mol. The van der Waals surface area contributed by atoms with Gasteiger partial charge in [-0.15, -0.1) is 0 Å². The molecule has 0 fully saturated rings. The number of carboxylic acids is 1. The van der Waals surface area contributed by atoms with Crippen molar-refractivity contribution in [3.63, 3.8) is 0 Å². The fourth-order valence-corrected chi connectivity index (χ4v) is 2.52. The predicted molar refractivity (Wildman–Crippen MR) is 80.8 cm³/mol. The van der Waals surface area contributed by atoms with E-state index in [-0.39, 0.29) is 10.6 Å². The Bertz CT molecular complexity index is 563. The quantitative estimate of drug-likeness (QED) is 0.567. The molecule has 0 aromatic heterocycles. The van der Waals surface area contributed by atoms with Crippen molar-refractivity contribution in [1.29, 1.82) is 0 Å². The summed E-state index contributed by atoms with van der Waals surface area (Å²) in [5, 5.41) is 8.62. The van der Waals surface area contributed by atoms with Gasteiger partial charge in [0.15, 0.2) is 6.10 Å². The molecule has 8 heteroatoms. The fraction of sp³-hybridized carbons (Fsp3) is 0.385. The highest BCUT2D eigenvalue weighted by Crippen LogP contribution is 2.29. The zero-order chi connectivity index (χ0) is 16.4. The van der Waals surface area contributed by atoms with Crippen LogP contribution < -0.4 is 0 Å². The van der Waals surface area contributed by atoms with Crippen LogP contribution in [0.3, 0.4) is 0 Å². The highest BCUT2D eigenvalue weighted by molar-refractivity contribution is 14.1. The van der Waals surface area contributed by atoms with Gasteiger partial charge in [0.2, 0.25) is 0 Å². The van der Waals surface area contributed by atoms with Gasteiger partial charge in [-0.3, -0.25) is 0 Å². The van der Waals surface area contributed by atoms with Crippen LogP contribution in [0.5, 0.6) is 0 Å². The van der Waals surface area contributed by atoms with Gasteiger partial charge in [-0.1, -0.05) is 25.4 Å². The maximum absolute atomic E-state index is 13.6. The number of carbonyl (C=O) groups is 2. The van der Waals surface area contributed by atoms with Gasteiger partial charge in [0.05, 0.1) is 10.6 Å². The molecule has 1 N–H and O–H groups in total. The molecule has 0 aliphatic rings. The van der Waals surface area contributed by atoms with Crippen LogP contribution in [0.1, 0.15) is 24.2 Å². The zero-order valence-corrected chi connectivity index (χ0v) is 14.0. The molecule has 0 aliphatic carbocycles. The van der Waals surface area contributed by atoms with E-state index in [1.165, 1.54) is 26.0 Å². The maximum atomic E-state index is 13.6. The number of ether oxygens (including phenoxy) is 1. The van der Waals surface area contributed by atoms with Crippen LogP contribution in [0, 0.1) is 9.49 Å². The molecule has 1 atom stereocenters. The summed E-state index contributed by atoms with van der Waals surface area (Å²) in [5.74, 6) is -8.50. The van der Waals surface area contributed by atoms with E-state index < -0.39 is 29.9 Å². The third kappa shape index (κ3) is 4.26. The lowest BCUT2D eigenvalue weighted by atomic mass is 10.0. The Hall–Kier alpha value is -0.960. The van der Waals surface area contributed by atoms with Gasteiger partial charge < -0.3 is 9.84 Å². The second-order valence-electron chi connectivity index (χ2n) is 4.62. The third-order valence-corrected chi connectivity index (χ3v) is 3.62. The van der Waals surface area contributed by atoms with Crippen LogP contribution >= 0.6 is 34.2 Å². The average molecular weight is 433 g/mol. The Kier molecular flexibility index (Phi) is 5.92. The van der Waals surface area contributed by atoms with E-state index in [0.29, 0.717) is 0 Å². The SMILES string of the molecule is CC(C)C(OC(=O)c1ccc(I)cc1Cl)C(F)(F)C(=O)O. The van der Waals surface area contributed by atoms with Gasteiger partial charge in [0, 0.05) is 3.57 Å². The summed E-state index contributed by atoms with van der Waals surface area (Å²) in [6, 6.07) is 4.36. The number of halogens is 4. The highest BCUT2D eigenvalue weighted by atomic mass is 127. The summed E-state index contributed by atoms with van der Waals surface area (Å²) in [6.45, 7) is 2.68. The van der Waals surface area contributed by atoms with Gasteiger partial charge in [-0.2, -0.15) is 8.78 Å². The second-order valence-corrected chi connectivity index (χ2v) is 6.28. The molecule has 0 saturated heterocycles. The Morgan fingerprint density at radius 1 is 1.38 bits per heavy atom. The van der Waals surface area contributed by atoms with Gasteiger partial charge in [0.25, 0.3) is 0 Å². The van der Waals surface area contributed by atoms with E-state index in [1.807, 2.05) is 22.6 Å². The van der Waals surface area contributed by atoms with Gasteiger partial charge >= 0.3 is 17.9 Å². The average Bonchev–Trinajstić information content (AvgIpc) is 2.34. The van der Waals surface area contributed by atoms with Crippen LogP contribution in [-0.4, -0.2) is 29.1 Å². The number of aliphatic carboxylic acids is 1. The molecule has 1 aromatic carbocycles. The minimum absolute atomic E-state index is 0.0491. The van der Waals surface area contributed by atoms with Crippen molar-refractivity contribution in [2.75, 3.05) is 0 Å². The summed E-state index contributed by atoms with van der Waals surface area (Å²) in [6.07, 6.45) is -2.09. The first-order valence-electron chi connectivity index (χ1n) is 5.84. The van der Waals surface area contributed by atoms with Crippen molar-refractivity contribution in [3.05, 3.63) is 32.4 Å². The zero-order valence-electron chi connectivity index (χ0n) is 11.1. The molecule has 116 valence electrons. The van der Waals surface area contributed by atoms with Crippen LogP contribution in [0.25, 0.3) is 0 Å². The van der Waals surface area contributed by atoms with Crippen molar-refractivity contribution < 1.29 is 28.2 Å². The molecule has 0 radical (unpaired) electrons. The minimum atomic E-state index is -4.18. The molecule has 4 nitrogen and oxygen atoms in total. The lowest BCUT2D eigenvalue weighted by Gasteiger charge is -2.26. The van der Waals surface area contributed by atoms with Crippen LogP contribution in [-0.2, 0) is 9.53 Å². The second kappa shape index (κ2) is 6.87. The minimum Gasteiger partial charge on any atom is -0.477 e. The van der Waals surface area contributed by atoms with Gasteiger partial charge in [0.1, 0.15) is 0 Å². The van der Waals surface area contributed by atoms with Crippen molar-refractivity contribution in [3.8, 4) is 0 Å². The topological polar surface area (TPSA) is 63.6 Å². The lowest BCUT2D eigenvalue weighted by Crippen LogP contribution is -2.47. The summed E-state index contributed by atoms with van der Waals surface area (Å²) in [5.41, 5.74) is -0.0936. The summed E-state index contributed by atoms with van der Waals surface area (Å²) >= 11 is 7.82. The number of rotatable bonds is 5. The summed E-state index contributed by atoms with van der Waals surface area (Å²) in [4.78, 5) is 22.6. The smallest absolute Gasteiger partial charge is 0.378 e. The molecule has 1 rings (SSSR count). The van der Waals surface area contributed by atoms with Crippen LogP contribution in [0.2, 0.25) is 5.02 Å². The number of carbonyl (C=O) groups excluding carboxylic acids is 1. The fourth-order valence-electron chi connectivity index (χ4n) is 1.58. The molecule has 0 heterocycles. The lowest BCUT2D eigenvalue weighted by molar-refractivity contribution is -0.187. The monoisotopic (exact) mass is 432 g/mol. The molecule has 0 amide bonds. The molecule has 1 unspecified atom stereocenters. The standard InChI is InChI=1S/C13H12ClF2IO4/c1-6(2)10(13(15,16)12(19)20)21-11(18)8-4-3-7(17)5-9(8)14/h3-6,10H,1-2H3,(H,19,20). The first kappa shape index (κ1) is 18.1. The number of carboxylic acid groups (broad SMARTS) is 1. The van der Waals surface area contributed by atoms with E-state index in [9.17, 15) is 18.4 Å². The van der Waals surface area contributed by atoms with E-state index in [2.05, 4.69) is 4.74 Å². The number of hydrogen-bond donors (Lipinski definition) is 1. The number of alkyl halides is 2. The molecule has 0 aliphatic heterocycles. The highest BCUT2D eigenvalue weighted by Gasteiger charge is 2.51. The molecule has 0 bridgehead atoms. The summed E-state index contributed by atoms with van der Waals surface area (Å²) in [7, 11) is 0.